The van der Waals surface area contributed by atoms with Gasteiger partial charge in [0.2, 0.25) is 0 Å². The zero-order valence-corrected chi connectivity index (χ0v) is 14.0. The Balaban J connectivity index is 2.14. The Morgan fingerprint density at radius 2 is 2.30 bits per heavy atom. The molecule has 1 aliphatic rings. The van der Waals surface area contributed by atoms with Crippen LogP contribution in [0.15, 0.2) is 16.3 Å². The highest BCUT2D eigenvalue weighted by Crippen LogP contribution is 2.25. The summed E-state index contributed by atoms with van der Waals surface area (Å²) in [7, 11) is 0.210. The number of hydrogen-bond acceptors (Lipinski definition) is 5. The first-order chi connectivity index (χ1) is 9.32. The SMILES string of the molecule is CN1CCCC1CN(C)S(=O)(=O)c1ccc(C(N)=S)s1. The quantitative estimate of drug-likeness (QED) is 0.817. The molecule has 112 valence electrons. The molecular formula is C12H19N3O2S3. The maximum atomic E-state index is 12.5. The van der Waals surface area contributed by atoms with Crippen LogP contribution in [0, 0.1) is 0 Å². The normalized spacial score (nSPS) is 20.6. The highest BCUT2D eigenvalue weighted by Gasteiger charge is 2.29. The Hall–Kier alpha value is -0.540. The van der Waals surface area contributed by atoms with Gasteiger partial charge in [0.1, 0.15) is 9.20 Å². The Bertz CT molecular complexity index is 597. The van der Waals surface area contributed by atoms with Gasteiger partial charge in [-0.25, -0.2) is 8.42 Å². The number of hydrogen-bond donors (Lipinski definition) is 1. The molecule has 1 saturated heterocycles. The van der Waals surface area contributed by atoms with E-state index in [2.05, 4.69) is 4.90 Å². The van der Waals surface area contributed by atoms with Crippen LogP contribution in [0.3, 0.4) is 0 Å². The molecule has 5 nitrogen and oxygen atoms in total. The monoisotopic (exact) mass is 333 g/mol. The van der Waals surface area contributed by atoms with Crippen LogP contribution in [0.5, 0.6) is 0 Å². The average Bonchev–Trinajstić information content (AvgIpc) is 2.99. The van der Waals surface area contributed by atoms with Crippen LogP contribution < -0.4 is 5.73 Å². The maximum absolute atomic E-state index is 12.5. The zero-order valence-electron chi connectivity index (χ0n) is 11.6. The molecular weight excluding hydrogens is 314 g/mol. The summed E-state index contributed by atoms with van der Waals surface area (Å²) in [5.41, 5.74) is 5.52. The standard InChI is InChI=1S/C12H19N3O2S3/c1-14-7-3-4-9(14)8-15(2)20(16,17)11-6-5-10(19-11)12(13)18/h5-6,9H,3-4,7-8H2,1-2H3,(H2,13,18). The predicted molar refractivity (Wildman–Crippen MR) is 85.7 cm³/mol. The molecule has 2 rings (SSSR count). The first-order valence-electron chi connectivity index (χ1n) is 6.38. The highest BCUT2D eigenvalue weighted by atomic mass is 32.2. The van der Waals surface area contributed by atoms with E-state index < -0.39 is 10.0 Å². The zero-order chi connectivity index (χ0) is 14.9. The largest absolute Gasteiger partial charge is 0.389 e. The van der Waals surface area contributed by atoms with Crippen LogP contribution >= 0.6 is 23.6 Å². The van der Waals surface area contributed by atoms with Gasteiger partial charge < -0.3 is 10.6 Å². The van der Waals surface area contributed by atoms with Crippen molar-refractivity contribution < 1.29 is 8.42 Å². The molecule has 1 aromatic rings. The number of thiophene rings is 1. The Morgan fingerprint density at radius 1 is 1.60 bits per heavy atom. The van der Waals surface area contributed by atoms with E-state index in [4.69, 9.17) is 18.0 Å². The van der Waals surface area contributed by atoms with Crippen LogP contribution in [0.25, 0.3) is 0 Å². The van der Waals surface area contributed by atoms with Gasteiger partial charge in [0.15, 0.2) is 0 Å². The molecule has 2 N–H and O–H groups in total. The van der Waals surface area contributed by atoms with Crippen molar-refractivity contribution in [2.75, 3.05) is 27.2 Å². The van der Waals surface area contributed by atoms with Crippen molar-refractivity contribution in [3.8, 4) is 0 Å². The van der Waals surface area contributed by atoms with Crippen molar-refractivity contribution in [2.24, 2.45) is 5.73 Å². The molecule has 1 aliphatic heterocycles. The summed E-state index contributed by atoms with van der Waals surface area (Å²) in [4.78, 5) is 3.07. The van der Waals surface area contributed by atoms with E-state index in [0.29, 0.717) is 21.7 Å². The Kier molecular flexibility index (Phi) is 4.80. The molecule has 0 aromatic carbocycles. The second kappa shape index (κ2) is 6.07. The predicted octanol–water partition coefficient (Wildman–Crippen LogP) is 1.10. The van der Waals surface area contributed by atoms with E-state index >= 15 is 0 Å². The number of likely N-dealkylation sites (tertiary alicyclic amines) is 1. The van der Waals surface area contributed by atoms with Crippen molar-refractivity contribution in [1.29, 1.82) is 0 Å². The van der Waals surface area contributed by atoms with Crippen molar-refractivity contribution in [3.05, 3.63) is 17.0 Å². The summed E-state index contributed by atoms with van der Waals surface area (Å²) >= 11 is 5.99. The minimum absolute atomic E-state index is 0.231. The number of thiocarbonyl (C=S) groups is 1. The number of nitrogens with zero attached hydrogens (tertiary/aromatic N) is 2. The van der Waals surface area contributed by atoms with E-state index in [1.807, 2.05) is 7.05 Å². The fourth-order valence-corrected chi connectivity index (χ4v) is 5.12. The molecule has 20 heavy (non-hydrogen) atoms. The van der Waals surface area contributed by atoms with Gasteiger partial charge in [-0.1, -0.05) is 12.2 Å². The third-order valence-electron chi connectivity index (χ3n) is 3.63. The molecule has 8 heteroatoms. The van der Waals surface area contributed by atoms with Gasteiger partial charge in [0.25, 0.3) is 10.0 Å². The van der Waals surface area contributed by atoms with Crippen molar-refractivity contribution in [1.82, 2.24) is 9.21 Å². The van der Waals surface area contributed by atoms with Gasteiger partial charge in [0.05, 0.1) is 4.88 Å². The smallest absolute Gasteiger partial charge is 0.252 e. The van der Waals surface area contributed by atoms with Crippen molar-refractivity contribution >= 4 is 38.6 Å². The van der Waals surface area contributed by atoms with E-state index in [9.17, 15) is 8.42 Å². The highest BCUT2D eigenvalue weighted by molar-refractivity contribution is 7.91. The molecule has 0 radical (unpaired) electrons. The summed E-state index contributed by atoms with van der Waals surface area (Å²) in [6.45, 7) is 1.54. The lowest BCUT2D eigenvalue weighted by Crippen LogP contribution is -2.39. The van der Waals surface area contributed by atoms with Crippen LogP contribution in [0.1, 0.15) is 17.7 Å². The third-order valence-corrected chi connectivity index (χ3v) is 7.39. The maximum Gasteiger partial charge on any atom is 0.252 e. The fraction of sp³-hybridized carbons (Fsp3) is 0.583. The molecule has 2 heterocycles. The van der Waals surface area contributed by atoms with Crippen molar-refractivity contribution in [2.45, 2.75) is 23.1 Å². The van der Waals surface area contributed by atoms with Gasteiger partial charge in [-0.2, -0.15) is 4.31 Å². The lowest BCUT2D eigenvalue weighted by molar-refractivity contribution is 0.271. The van der Waals surface area contributed by atoms with Gasteiger partial charge >= 0.3 is 0 Å². The van der Waals surface area contributed by atoms with Crippen LogP contribution in [-0.2, 0) is 10.0 Å². The number of sulfonamides is 1. The van der Waals surface area contributed by atoms with Crippen LogP contribution in [-0.4, -0.2) is 55.8 Å². The first-order valence-corrected chi connectivity index (χ1v) is 9.05. The van der Waals surface area contributed by atoms with Crippen LogP contribution in [0.4, 0.5) is 0 Å². The van der Waals surface area contributed by atoms with Gasteiger partial charge in [-0.05, 0) is 38.6 Å². The molecule has 1 aromatic heterocycles. The van der Waals surface area contributed by atoms with Gasteiger partial charge in [-0.3, -0.25) is 0 Å². The lowest BCUT2D eigenvalue weighted by atomic mass is 10.2. The summed E-state index contributed by atoms with van der Waals surface area (Å²) in [5.74, 6) is 0. The third kappa shape index (κ3) is 3.20. The van der Waals surface area contributed by atoms with Crippen LogP contribution in [0.2, 0.25) is 0 Å². The number of nitrogens with two attached hydrogens (primary N) is 1. The summed E-state index contributed by atoms with van der Waals surface area (Å²) in [5, 5.41) is 0. The molecule has 0 aliphatic carbocycles. The van der Waals surface area contributed by atoms with Gasteiger partial charge in [0, 0.05) is 19.6 Å². The van der Waals surface area contributed by atoms with E-state index in [1.54, 1.807) is 19.2 Å². The Morgan fingerprint density at radius 3 is 2.80 bits per heavy atom. The molecule has 1 unspecified atom stereocenters. The van der Waals surface area contributed by atoms with Crippen molar-refractivity contribution in [3.63, 3.8) is 0 Å². The average molecular weight is 334 g/mol. The second-order valence-electron chi connectivity index (χ2n) is 5.05. The summed E-state index contributed by atoms with van der Waals surface area (Å²) < 4.78 is 26.7. The second-order valence-corrected chi connectivity index (χ2v) is 8.84. The minimum atomic E-state index is -3.45. The summed E-state index contributed by atoms with van der Waals surface area (Å²) in [6.07, 6.45) is 2.17. The van der Waals surface area contributed by atoms with E-state index in [1.165, 1.54) is 4.31 Å². The molecule has 0 saturated carbocycles. The Labute approximate surface area is 129 Å². The molecule has 0 spiro atoms. The molecule has 1 atom stereocenters. The molecule has 0 amide bonds. The topological polar surface area (TPSA) is 66.6 Å². The minimum Gasteiger partial charge on any atom is -0.389 e. The van der Waals surface area contributed by atoms with E-state index in [-0.39, 0.29) is 4.99 Å². The lowest BCUT2D eigenvalue weighted by Gasteiger charge is -2.24. The molecule has 0 bridgehead atoms. The fourth-order valence-electron chi connectivity index (χ4n) is 2.35. The van der Waals surface area contributed by atoms with E-state index in [0.717, 1.165) is 30.7 Å². The first kappa shape index (κ1) is 15.8. The number of likely N-dealkylation sites (N-methyl/N-ethyl adjacent to an activating group) is 2. The van der Waals surface area contributed by atoms with Gasteiger partial charge in [-0.15, -0.1) is 11.3 Å². The summed E-state index contributed by atoms with van der Waals surface area (Å²) in [6, 6.07) is 3.53. The number of rotatable bonds is 5. The molecule has 1 fully saturated rings.